The summed E-state index contributed by atoms with van der Waals surface area (Å²) >= 11 is 1.62. The predicted molar refractivity (Wildman–Crippen MR) is 68.7 cm³/mol. The van der Waals surface area contributed by atoms with Crippen LogP contribution in [0.4, 0.5) is 0 Å². The summed E-state index contributed by atoms with van der Waals surface area (Å²) in [6, 6.07) is 0.00725. The van der Waals surface area contributed by atoms with E-state index in [1.54, 1.807) is 11.3 Å². The molecule has 0 saturated heterocycles. The highest BCUT2D eigenvalue weighted by atomic mass is 32.1. The molecule has 0 aliphatic heterocycles. The first-order valence-corrected chi connectivity index (χ1v) is 6.85. The van der Waals surface area contributed by atoms with Gasteiger partial charge in [-0.2, -0.15) is 0 Å². The molecular formula is C12H19N3OS. The lowest BCUT2D eigenvalue weighted by Gasteiger charge is -2.14. The molecule has 0 bridgehead atoms. The van der Waals surface area contributed by atoms with E-state index < -0.39 is 0 Å². The molecule has 1 amide bonds. The molecule has 17 heavy (non-hydrogen) atoms. The van der Waals surface area contributed by atoms with Crippen molar-refractivity contribution in [2.45, 2.75) is 45.2 Å². The van der Waals surface area contributed by atoms with E-state index in [4.69, 9.17) is 5.73 Å². The molecule has 0 radical (unpaired) electrons. The molecule has 5 heteroatoms. The number of carbonyl (C=O) groups is 1. The van der Waals surface area contributed by atoms with Crippen molar-refractivity contribution in [3.05, 3.63) is 16.1 Å². The number of hydrogen-bond acceptors (Lipinski definition) is 4. The first-order valence-electron chi connectivity index (χ1n) is 6.03. The van der Waals surface area contributed by atoms with Crippen molar-refractivity contribution >= 4 is 17.2 Å². The summed E-state index contributed by atoms with van der Waals surface area (Å²) < 4.78 is 0. The zero-order chi connectivity index (χ0) is 12.4. The molecule has 1 aliphatic rings. The van der Waals surface area contributed by atoms with Crippen LogP contribution >= 0.6 is 11.3 Å². The number of hydrogen-bond donors (Lipinski definition) is 2. The van der Waals surface area contributed by atoms with Crippen LogP contribution in [0.3, 0.4) is 0 Å². The molecule has 94 valence electrons. The molecule has 0 aromatic carbocycles. The first-order chi connectivity index (χ1) is 8.06. The Morgan fingerprint density at radius 3 is 2.94 bits per heavy atom. The minimum absolute atomic E-state index is 0.0207. The van der Waals surface area contributed by atoms with E-state index in [1.165, 1.54) is 12.8 Å². The molecule has 1 heterocycles. The molecule has 1 aromatic heterocycles. The molecule has 2 atom stereocenters. The highest BCUT2D eigenvalue weighted by Crippen LogP contribution is 2.32. The Labute approximate surface area is 106 Å². The lowest BCUT2D eigenvalue weighted by Crippen LogP contribution is -2.34. The van der Waals surface area contributed by atoms with Crippen LogP contribution in [0.2, 0.25) is 0 Å². The number of thiazole rings is 1. The van der Waals surface area contributed by atoms with Crippen molar-refractivity contribution in [1.82, 2.24) is 10.3 Å². The molecule has 1 aromatic rings. The Balaban J connectivity index is 1.81. The fraction of sp³-hybridized carbons (Fsp3) is 0.667. The number of aryl methyl sites for hydroxylation is 1. The van der Waals surface area contributed by atoms with Crippen LogP contribution in [0.1, 0.15) is 42.1 Å². The van der Waals surface area contributed by atoms with Gasteiger partial charge in [0, 0.05) is 23.5 Å². The third kappa shape index (κ3) is 3.51. The van der Waals surface area contributed by atoms with Crippen LogP contribution < -0.4 is 11.1 Å². The zero-order valence-electron chi connectivity index (χ0n) is 10.3. The predicted octanol–water partition coefficient (Wildman–Crippen LogP) is 1.76. The third-order valence-electron chi connectivity index (χ3n) is 3.04. The number of nitrogens with zero attached hydrogens (tertiary/aromatic N) is 1. The molecule has 2 unspecified atom stereocenters. The Morgan fingerprint density at radius 1 is 1.71 bits per heavy atom. The normalized spacial score (nSPS) is 18.8. The summed E-state index contributed by atoms with van der Waals surface area (Å²) in [5, 5.41) is 3.91. The number of nitrogens with two attached hydrogens (primary N) is 1. The number of aromatic nitrogens is 1. The van der Waals surface area contributed by atoms with Crippen LogP contribution in [-0.4, -0.2) is 16.9 Å². The van der Waals surface area contributed by atoms with Gasteiger partial charge in [-0.25, -0.2) is 4.98 Å². The summed E-state index contributed by atoms with van der Waals surface area (Å²) in [6.45, 7) is 3.97. The molecule has 2 rings (SSSR count). The standard InChI is InChI=1S/C12H19N3OS/c1-7-6-14-12(17-7)8(2)15-11(16)5-10(13)9-3-4-9/h6,8-10H,3-5,13H2,1-2H3,(H,15,16). The minimum Gasteiger partial charge on any atom is -0.347 e. The van der Waals surface area contributed by atoms with Gasteiger partial charge in [-0.05, 0) is 32.6 Å². The van der Waals surface area contributed by atoms with E-state index in [1.807, 2.05) is 20.0 Å². The van der Waals surface area contributed by atoms with Crippen molar-refractivity contribution in [3.63, 3.8) is 0 Å². The van der Waals surface area contributed by atoms with Crippen molar-refractivity contribution in [3.8, 4) is 0 Å². The van der Waals surface area contributed by atoms with E-state index >= 15 is 0 Å². The van der Waals surface area contributed by atoms with Gasteiger partial charge in [-0.3, -0.25) is 4.79 Å². The molecule has 1 aliphatic carbocycles. The lowest BCUT2D eigenvalue weighted by molar-refractivity contribution is -0.122. The van der Waals surface area contributed by atoms with E-state index in [9.17, 15) is 4.79 Å². The van der Waals surface area contributed by atoms with Gasteiger partial charge in [0.15, 0.2) is 0 Å². The van der Waals surface area contributed by atoms with Crippen molar-refractivity contribution < 1.29 is 4.79 Å². The van der Waals surface area contributed by atoms with Gasteiger partial charge in [0.1, 0.15) is 5.01 Å². The highest BCUT2D eigenvalue weighted by Gasteiger charge is 2.30. The number of amides is 1. The summed E-state index contributed by atoms with van der Waals surface area (Å²) in [5.41, 5.74) is 5.92. The smallest absolute Gasteiger partial charge is 0.222 e. The fourth-order valence-corrected chi connectivity index (χ4v) is 2.62. The maximum absolute atomic E-state index is 11.8. The Morgan fingerprint density at radius 2 is 2.41 bits per heavy atom. The monoisotopic (exact) mass is 253 g/mol. The molecule has 1 fully saturated rings. The van der Waals surface area contributed by atoms with Gasteiger partial charge in [-0.1, -0.05) is 0 Å². The Bertz CT molecular complexity index is 400. The zero-order valence-corrected chi connectivity index (χ0v) is 11.1. The maximum atomic E-state index is 11.8. The SMILES string of the molecule is Cc1cnc(C(C)NC(=O)CC(N)C2CC2)s1. The van der Waals surface area contributed by atoms with Gasteiger partial charge in [0.05, 0.1) is 6.04 Å². The van der Waals surface area contributed by atoms with Gasteiger partial charge in [0.25, 0.3) is 0 Å². The summed E-state index contributed by atoms with van der Waals surface area (Å²) in [7, 11) is 0. The highest BCUT2D eigenvalue weighted by molar-refractivity contribution is 7.11. The molecule has 0 spiro atoms. The number of carbonyl (C=O) groups excluding carboxylic acids is 1. The summed E-state index contributed by atoms with van der Waals surface area (Å²) in [5.74, 6) is 0.600. The fourth-order valence-electron chi connectivity index (χ4n) is 1.84. The topological polar surface area (TPSA) is 68.0 Å². The average Bonchev–Trinajstić information content (AvgIpc) is 3.01. The third-order valence-corrected chi connectivity index (χ3v) is 4.13. The molecular weight excluding hydrogens is 234 g/mol. The van der Waals surface area contributed by atoms with Crippen molar-refractivity contribution in [2.24, 2.45) is 11.7 Å². The van der Waals surface area contributed by atoms with Crippen LogP contribution in [-0.2, 0) is 4.79 Å². The minimum atomic E-state index is -0.0207. The van der Waals surface area contributed by atoms with Crippen molar-refractivity contribution in [1.29, 1.82) is 0 Å². The second kappa shape index (κ2) is 5.14. The summed E-state index contributed by atoms with van der Waals surface area (Å²) in [6.07, 6.45) is 4.61. The average molecular weight is 253 g/mol. The number of rotatable bonds is 5. The Kier molecular flexibility index (Phi) is 3.79. The molecule has 4 nitrogen and oxygen atoms in total. The summed E-state index contributed by atoms with van der Waals surface area (Å²) in [4.78, 5) is 17.2. The van der Waals surface area contributed by atoms with Gasteiger partial charge < -0.3 is 11.1 Å². The largest absolute Gasteiger partial charge is 0.347 e. The van der Waals surface area contributed by atoms with Gasteiger partial charge >= 0.3 is 0 Å². The van der Waals surface area contributed by atoms with Crippen LogP contribution in [0.5, 0.6) is 0 Å². The molecule has 1 saturated carbocycles. The second-order valence-corrected chi connectivity index (χ2v) is 6.07. The van der Waals surface area contributed by atoms with Gasteiger partial charge in [-0.15, -0.1) is 11.3 Å². The number of nitrogens with one attached hydrogen (secondary N) is 1. The van der Waals surface area contributed by atoms with Crippen LogP contribution in [0, 0.1) is 12.8 Å². The van der Waals surface area contributed by atoms with Crippen molar-refractivity contribution in [2.75, 3.05) is 0 Å². The van der Waals surface area contributed by atoms with E-state index in [-0.39, 0.29) is 18.0 Å². The van der Waals surface area contributed by atoms with E-state index in [0.29, 0.717) is 12.3 Å². The van der Waals surface area contributed by atoms with Gasteiger partial charge in [0.2, 0.25) is 5.91 Å². The maximum Gasteiger partial charge on any atom is 0.222 e. The first kappa shape index (κ1) is 12.5. The van der Waals surface area contributed by atoms with Crippen LogP contribution in [0.15, 0.2) is 6.20 Å². The van der Waals surface area contributed by atoms with E-state index in [0.717, 1.165) is 9.88 Å². The second-order valence-electron chi connectivity index (χ2n) is 4.80. The quantitative estimate of drug-likeness (QED) is 0.840. The lowest BCUT2D eigenvalue weighted by atomic mass is 10.1. The molecule has 3 N–H and O–H groups in total. The Hall–Kier alpha value is -0.940. The van der Waals surface area contributed by atoms with E-state index in [2.05, 4.69) is 10.3 Å². The van der Waals surface area contributed by atoms with Crippen LogP contribution in [0.25, 0.3) is 0 Å².